The van der Waals surface area contributed by atoms with Crippen molar-refractivity contribution < 1.29 is 9.72 Å². The number of nitro groups is 1. The van der Waals surface area contributed by atoms with Crippen LogP contribution in [0.15, 0.2) is 58.5 Å². The number of amides is 1. The highest BCUT2D eigenvalue weighted by Gasteiger charge is 2.17. The Balaban J connectivity index is 1.78. The molecule has 9 heteroatoms. The van der Waals surface area contributed by atoms with Crippen molar-refractivity contribution in [3.05, 3.63) is 69.0 Å². The maximum atomic E-state index is 13.1. The number of unbranched alkanes of at least 4 members (excludes halogenated alkanes) is 3. The topological polar surface area (TPSA) is 98.3 Å². The number of hydrogen-bond donors (Lipinski definition) is 0. The van der Waals surface area contributed by atoms with Crippen LogP contribution in [0.5, 0.6) is 0 Å². The van der Waals surface area contributed by atoms with Crippen LogP contribution in [-0.2, 0) is 11.3 Å². The van der Waals surface area contributed by atoms with Crippen LogP contribution in [0.3, 0.4) is 0 Å². The van der Waals surface area contributed by atoms with E-state index in [2.05, 4.69) is 11.9 Å². The number of fused-ring (bicyclic) bond motifs is 1. The molecule has 8 nitrogen and oxygen atoms in total. The Kier molecular flexibility index (Phi) is 7.99. The zero-order chi connectivity index (χ0) is 23.1. The van der Waals surface area contributed by atoms with Crippen LogP contribution in [0.1, 0.15) is 32.6 Å². The highest BCUT2D eigenvalue weighted by Crippen LogP contribution is 2.22. The second-order valence-corrected chi connectivity index (χ2v) is 8.39. The fourth-order valence-corrected chi connectivity index (χ4v) is 4.26. The molecule has 0 spiro atoms. The molecule has 0 aliphatic carbocycles. The van der Waals surface area contributed by atoms with Gasteiger partial charge in [-0.15, -0.1) is 0 Å². The average molecular weight is 455 g/mol. The van der Waals surface area contributed by atoms with E-state index in [1.807, 2.05) is 12.1 Å². The second-order valence-electron chi connectivity index (χ2n) is 7.44. The first-order chi connectivity index (χ1) is 15.4. The maximum Gasteiger partial charge on any atom is 0.269 e. The van der Waals surface area contributed by atoms with Gasteiger partial charge in [-0.25, -0.2) is 4.98 Å². The van der Waals surface area contributed by atoms with Crippen molar-refractivity contribution >= 4 is 39.9 Å². The van der Waals surface area contributed by atoms with Gasteiger partial charge in [0.15, 0.2) is 5.16 Å². The van der Waals surface area contributed by atoms with Crippen molar-refractivity contribution in [1.29, 1.82) is 0 Å². The molecule has 0 aliphatic rings. The minimum Gasteiger partial charge on any atom is -0.315 e. The lowest BCUT2D eigenvalue weighted by Crippen LogP contribution is -2.29. The average Bonchev–Trinajstić information content (AvgIpc) is 2.81. The summed E-state index contributed by atoms with van der Waals surface area (Å²) in [5.74, 6) is -0.100. The minimum absolute atomic E-state index is 0.0311. The van der Waals surface area contributed by atoms with Gasteiger partial charge >= 0.3 is 0 Å². The van der Waals surface area contributed by atoms with E-state index in [-0.39, 0.29) is 22.9 Å². The predicted molar refractivity (Wildman–Crippen MR) is 127 cm³/mol. The molecule has 0 saturated heterocycles. The largest absolute Gasteiger partial charge is 0.315 e. The maximum absolute atomic E-state index is 13.1. The Labute approximate surface area is 190 Å². The zero-order valence-corrected chi connectivity index (χ0v) is 19.0. The van der Waals surface area contributed by atoms with Crippen LogP contribution in [0, 0.1) is 10.1 Å². The van der Waals surface area contributed by atoms with Gasteiger partial charge in [0, 0.05) is 31.4 Å². The predicted octanol–water partition coefficient (Wildman–Crippen LogP) is 4.64. The smallest absolute Gasteiger partial charge is 0.269 e. The van der Waals surface area contributed by atoms with Gasteiger partial charge in [-0.1, -0.05) is 50.1 Å². The number of aromatic nitrogens is 2. The number of non-ortho nitro benzene ring substituents is 1. The van der Waals surface area contributed by atoms with E-state index in [0.29, 0.717) is 28.3 Å². The van der Waals surface area contributed by atoms with Gasteiger partial charge in [0.1, 0.15) is 0 Å². The lowest BCUT2D eigenvalue weighted by atomic mass is 10.2. The number of anilines is 1. The molecule has 32 heavy (non-hydrogen) atoms. The van der Waals surface area contributed by atoms with Crippen LogP contribution in [-0.4, -0.2) is 33.2 Å². The molecule has 2 aromatic carbocycles. The third kappa shape index (κ3) is 5.53. The van der Waals surface area contributed by atoms with E-state index in [0.717, 1.165) is 25.7 Å². The Morgan fingerprint density at radius 2 is 1.84 bits per heavy atom. The van der Waals surface area contributed by atoms with Crippen molar-refractivity contribution in [1.82, 2.24) is 9.55 Å². The Morgan fingerprint density at radius 1 is 1.12 bits per heavy atom. The molecular formula is C23H26N4O4S. The number of benzene rings is 2. The van der Waals surface area contributed by atoms with E-state index in [1.165, 1.54) is 28.8 Å². The van der Waals surface area contributed by atoms with Gasteiger partial charge in [0.05, 0.1) is 21.6 Å². The first kappa shape index (κ1) is 23.5. The number of carbonyl (C=O) groups is 1. The molecule has 168 valence electrons. The van der Waals surface area contributed by atoms with Crippen molar-refractivity contribution in [2.75, 3.05) is 17.7 Å². The molecule has 0 unspecified atom stereocenters. The SMILES string of the molecule is CCCCCCn1c(SCC(=O)N(C)c2ccc([N+](=O)[O-])cc2)nc2ccccc2c1=O. The fourth-order valence-electron chi connectivity index (χ4n) is 3.32. The molecule has 0 aliphatic heterocycles. The summed E-state index contributed by atoms with van der Waals surface area (Å²) in [7, 11) is 1.62. The van der Waals surface area contributed by atoms with Crippen molar-refractivity contribution in [2.45, 2.75) is 44.3 Å². The van der Waals surface area contributed by atoms with Gasteiger partial charge in [0.2, 0.25) is 5.91 Å². The molecule has 1 aromatic heterocycles. The van der Waals surface area contributed by atoms with E-state index < -0.39 is 4.92 Å². The zero-order valence-electron chi connectivity index (χ0n) is 18.2. The Bertz CT molecular complexity index is 1160. The van der Waals surface area contributed by atoms with Gasteiger partial charge in [0.25, 0.3) is 11.2 Å². The standard InChI is InChI=1S/C23H26N4O4S/c1-3-4-5-8-15-26-22(29)19-9-6-7-10-20(19)24-23(26)32-16-21(28)25(2)17-11-13-18(14-12-17)27(30)31/h6-7,9-14H,3-5,8,15-16H2,1-2H3. The summed E-state index contributed by atoms with van der Waals surface area (Å²) in [6, 6.07) is 13.0. The second kappa shape index (κ2) is 10.9. The van der Waals surface area contributed by atoms with E-state index >= 15 is 0 Å². The third-order valence-electron chi connectivity index (χ3n) is 5.21. The fraction of sp³-hybridized carbons (Fsp3) is 0.348. The Morgan fingerprint density at radius 3 is 2.53 bits per heavy atom. The molecule has 0 atom stereocenters. The summed E-state index contributed by atoms with van der Waals surface area (Å²) in [6.45, 7) is 2.70. The monoisotopic (exact) mass is 454 g/mol. The van der Waals surface area contributed by atoms with Crippen molar-refractivity contribution in [2.24, 2.45) is 0 Å². The van der Waals surface area contributed by atoms with E-state index in [9.17, 15) is 19.7 Å². The third-order valence-corrected chi connectivity index (χ3v) is 6.17. The first-order valence-electron chi connectivity index (χ1n) is 10.6. The van der Waals surface area contributed by atoms with Gasteiger partial charge in [-0.05, 0) is 30.7 Å². The molecule has 0 N–H and O–H groups in total. The van der Waals surface area contributed by atoms with Crippen LogP contribution in [0.25, 0.3) is 10.9 Å². The molecule has 0 fully saturated rings. The van der Waals surface area contributed by atoms with Crippen LogP contribution >= 0.6 is 11.8 Å². The normalized spacial score (nSPS) is 10.9. The summed E-state index contributed by atoms with van der Waals surface area (Å²) in [6.07, 6.45) is 4.12. The number of hydrogen-bond acceptors (Lipinski definition) is 6. The highest BCUT2D eigenvalue weighted by molar-refractivity contribution is 7.99. The van der Waals surface area contributed by atoms with Gasteiger partial charge in [-0.2, -0.15) is 0 Å². The van der Waals surface area contributed by atoms with Crippen LogP contribution < -0.4 is 10.5 Å². The molecule has 0 saturated carbocycles. The molecule has 3 aromatic rings. The molecular weight excluding hydrogens is 428 g/mol. The summed E-state index contributed by atoms with van der Waals surface area (Å²) >= 11 is 1.23. The highest BCUT2D eigenvalue weighted by atomic mass is 32.2. The number of rotatable bonds is 10. The molecule has 0 radical (unpaired) electrons. The summed E-state index contributed by atoms with van der Waals surface area (Å²) in [5.41, 5.74) is 1.05. The van der Waals surface area contributed by atoms with Crippen molar-refractivity contribution in [3.8, 4) is 0 Å². The number of para-hydroxylation sites is 1. The molecule has 0 bridgehead atoms. The van der Waals surface area contributed by atoms with Gasteiger partial charge < -0.3 is 4.90 Å². The molecule has 1 heterocycles. The van der Waals surface area contributed by atoms with E-state index in [4.69, 9.17) is 0 Å². The van der Waals surface area contributed by atoms with Crippen LogP contribution in [0.4, 0.5) is 11.4 Å². The first-order valence-corrected chi connectivity index (χ1v) is 11.5. The number of carbonyl (C=O) groups excluding carboxylic acids is 1. The molecule has 1 amide bonds. The molecule has 3 rings (SSSR count). The van der Waals surface area contributed by atoms with E-state index in [1.54, 1.807) is 35.9 Å². The van der Waals surface area contributed by atoms with Gasteiger partial charge in [-0.3, -0.25) is 24.3 Å². The number of nitrogens with zero attached hydrogens (tertiary/aromatic N) is 4. The summed E-state index contributed by atoms with van der Waals surface area (Å²) in [4.78, 5) is 42.3. The quantitative estimate of drug-likeness (QED) is 0.145. The number of nitro benzene ring substituents is 1. The lowest BCUT2D eigenvalue weighted by molar-refractivity contribution is -0.384. The summed E-state index contributed by atoms with van der Waals surface area (Å²) in [5, 5.41) is 11.9. The van der Waals surface area contributed by atoms with Crippen molar-refractivity contribution in [3.63, 3.8) is 0 Å². The number of thioether (sulfide) groups is 1. The Hall–Kier alpha value is -3.20. The summed E-state index contributed by atoms with van der Waals surface area (Å²) < 4.78 is 1.67. The van der Waals surface area contributed by atoms with Crippen LogP contribution in [0.2, 0.25) is 0 Å². The lowest BCUT2D eigenvalue weighted by Gasteiger charge is -2.18. The minimum atomic E-state index is -0.480.